The van der Waals surface area contributed by atoms with Gasteiger partial charge in [-0.2, -0.15) is 0 Å². The van der Waals surface area contributed by atoms with Crippen molar-refractivity contribution in [3.63, 3.8) is 0 Å². The smallest absolute Gasteiger partial charge is 0.343 e. The normalized spacial score (nSPS) is 19.2. The van der Waals surface area contributed by atoms with Crippen LogP contribution in [0.4, 0.5) is 0 Å². The summed E-state index contributed by atoms with van der Waals surface area (Å²) in [7, 11) is 7.34. The lowest BCUT2D eigenvalue weighted by Crippen LogP contribution is -2.44. The molecule has 13 nitrogen and oxygen atoms in total. The fourth-order valence-electron chi connectivity index (χ4n) is 6.67. The number of hydrogen-bond donors (Lipinski definition) is 3. The molecule has 0 aliphatic carbocycles. The number of rotatable bonds is 6. The van der Waals surface area contributed by atoms with Crippen LogP contribution in [0.25, 0.3) is 22.3 Å². The lowest BCUT2D eigenvalue weighted by molar-refractivity contribution is -0.172. The van der Waals surface area contributed by atoms with Crippen LogP contribution in [0, 0.1) is 0 Å². The van der Waals surface area contributed by atoms with Crippen LogP contribution in [0.5, 0.6) is 5.75 Å². The lowest BCUT2D eigenvalue weighted by Gasteiger charge is -2.35. The van der Waals surface area contributed by atoms with Gasteiger partial charge in [0.15, 0.2) is 5.60 Å². The maximum Gasteiger partial charge on any atom is 0.343 e. The number of carbonyl (C=O) groups excluding carboxylic acids is 2. The predicted molar refractivity (Wildman–Crippen MR) is 165 cm³/mol. The first-order valence-electron chi connectivity index (χ1n) is 14.9. The van der Waals surface area contributed by atoms with Gasteiger partial charge in [-0.05, 0) is 70.2 Å². The highest BCUT2D eigenvalue weighted by atomic mass is 16.6. The van der Waals surface area contributed by atoms with Crippen LogP contribution in [-0.2, 0) is 39.6 Å². The highest BCUT2D eigenvalue weighted by molar-refractivity contribution is 6.02. The standard InChI is InChI=1S/C31H37N5O6.CH2O2/c1-6-31(40)23-13-25-27-21(15-36(25)29(38)22(23)16-42-30(31)39)20(14-35-9-7-17(8-10-35)34(3)4)18-12-26(41-5)19(28(37)32-2)11-24(18)33-27;2-1-3/h11-13,17,40H,6-10,14-16H2,1-5H3,(H,32,37);1H,(H,2,3)/t31-;/m0./s1. The first-order chi connectivity index (χ1) is 21.5. The number of esters is 1. The van der Waals surface area contributed by atoms with E-state index < -0.39 is 11.6 Å². The molecule has 3 aromatic rings. The predicted octanol–water partition coefficient (Wildman–Crippen LogP) is 1.67. The number of aliphatic hydroxyl groups is 1. The Bertz CT molecular complexity index is 1730. The van der Waals surface area contributed by atoms with Crippen molar-refractivity contribution in [1.82, 2.24) is 24.7 Å². The maximum atomic E-state index is 13.8. The summed E-state index contributed by atoms with van der Waals surface area (Å²) >= 11 is 0. The molecule has 3 N–H and O–H groups in total. The zero-order valence-electron chi connectivity index (χ0n) is 26.2. The second kappa shape index (κ2) is 12.6. The minimum atomic E-state index is -1.90. The molecule has 0 spiro atoms. The van der Waals surface area contributed by atoms with Crippen LogP contribution in [0.3, 0.4) is 0 Å². The molecule has 1 fully saturated rings. The molecule has 0 unspecified atom stereocenters. The number of nitrogens with zero attached hydrogens (tertiary/aromatic N) is 4. The van der Waals surface area contributed by atoms with Gasteiger partial charge in [0.2, 0.25) is 0 Å². The van der Waals surface area contributed by atoms with E-state index in [1.165, 1.54) is 7.11 Å². The summed E-state index contributed by atoms with van der Waals surface area (Å²) in [5, 5.41) is 21.7. The van der Waals surface area contributed by atoms with E-state index in [4.69, 9.17) is 24.4 Å². The number of cyclic esters (lactones) is 1. The third-order valence-corrected chi connectivity index (χ3v) is 9.27. The van der Waals surface area contributed by atoms with Crippen molar-refractivity contribution in [3.8, 4) is 17.1 Å². The first kappa shape index (κ1) is 32.1. The number of likely N-dealkylation sites (tertiary alicyclic amines) is 1. The number of fused-ring (bicyclic) bond motifs is 5. The van der Waals surface area contributed by atoms with Crippen molar-refractivity contribution in [2.75, 3.05) is 41.3 Å². The zero-order chi connectivity index (χ0) is 32.6. The van der Waals surface area contributed by atoms with Gasteiger partial charge >= 0.3 is 5.97 Å². The summed E-state index contributed by atoms with van der Waals surface area (Å²) in [4.78, 5) is 57.2. The molecule has 45 heavy (non-hydrogen) atoms. The molecule has 5 heterocycles. The summed E-state index contributed by atoms with van der Waals surface area (Å²) in [5.41, 5.74) is 2.44. The Kier molecular flexibility index (Phi) is 8.97. The van der Waals surface area contributed by atoms with Crippen molar-refractivity contribution >= 4 is 29.3 Å². The lowest BCUT2D eigenvalue weighted by atomic mass is 9.86. The average Bonchev–Trinajstić information content (AvgIpc) is 3.41. The first-order valence-corrected chi connectivity index (χ1v) is 14.9. The van der Waals surface area contributed by atoms with Crippen LogP contribution in [0.15, 0.2) is 23.0 Å². The summed E-state index contributed by atoms with van der Waals surface area (Å²) in [5.74, 6) is -0.598. The summed E-state index contributed by atoms with van der Waals surface area (Å²) in [6, 6.07) is 5.86. The van der Waals surface area contributed by atoms with E-state index >= 15 is 0 Å². The molecule has 240 valence electrons. The molecule has 1 aromatic carbocycles. The monoisotopic (exact) mass is 621 g/mol. The molecule has 3 aliphatic heterocycles. The fourth-order valence-corrected chi connectivity index (χ4v) is 6.67. The molecule has 13 heteroatoms. The third-order valence-electron chi connectivity index (χ3n) is 9.27. The number of carboxylic acid groups (broad SMARTS) is 1. The van der Waals surface area contributed by atoms with Gasteiger partial charge in [-0.25, -0.2) is 9.78 Å². The Morgan fingerprint density at radius 2 is 1.91 bits per heavy atom. The number of amides is 1. The number of methoxy groups -OCH3 is 1. The second-order valence-electron chi connectivity index (χ2n) is 11.7. The Labute approximate surface area is 260 Å². The van der Waals surface area contributed by atoms with Crippen molar-refractivity contribution in [1.29, 1.82) is 0 Å². The highest BCUT2D eigenvalue weighted by Gasteiger charge is 2.45. The van der Waals surface area contributed by atoms with Crippen molar-refractivity contribution in [3.05, 3.63) is 56.4 Å². The molecule has 6 rings (SSSR count). The van der Waals surface area contributed by atoms with Crippen LogP contribution in [0.2, 0.25) is 0 Å². The van der Waals surface area contributed by atoms with Gasteiger partial charge in [-0.15, -0.1) is 0 Å². The molecule has 1 atom stereocenters. The van der Waals surface area contributed by atoms with E-state index in [2.05, 4.69) is 29.2 Å². The van der Waals surface area contributed by atoms with Gasteiger partial charge in [0, 0.05) is 36.1 Å². The number of aromatic nitrogens is 2. The van der Waals surface area contributed by atoms with Gasteiger partial charge in [0.1, 0.15) is 12.4 Å². The van der Waals surface area contributed by atoms with E-state index in [0.717, 1.165) is 42.4 Å². The summed E-state index contributed by atoms with van der Waals surface area (Å²) in [6.07, 6.45) is 2.18. The number of piperidine rings is 1. The molecule has 0 saturated carbocycles. The van der Waals surface area contributed by atoms with Crippen molar-refractivity contribution in [2.24, 2.45) is 0 Å². The van der Waals surface area contributed by atoms with Crippen molar-refractivity contribution in [2.45, 2.75) is 57.5 Å². The number of carbonyl (C=O) groups is 3. The molecule has 1 amide bonds. The zero-order valence-corrected chi connectivity index (χ0v) is 26.2. The summed E-state index contributed by atoms with van der Waals surface area (Å²) < 4.78 is 12.5. The van der Waals surface area contributed by atoms with Crippen LogP contribution >= 0.6 is 0 Å². The van der Waals surface area contributed by atoms with Gasteiger partial charge in [0.25, 0.3) is 17.9 Å². The number of pyridine rings is 2. The molecule has 3 aliphatic rings. The van der Waals surface area contributed by atoms with Crippen LogP contribution < -0.4 is 15.6 Å². The van der Waals surface area contributed by atoms with Gasteiger partial charge in [-0.3, -0.25) is 19.3 Å². The van der Waals surface area contributed by atoms with Crippen LogP contribution in [-0.4, -0.2) is 95.3 Å². The Balaban J connectivity index is 0.00000128. The second-order valence-corrected chi connectivity index (χ2v) is 11.7. The number of benzene rings is 1. The Morgan fingerprint density at radius 3 is 2.51 bits per heavy atom. The molecule has 0 bridgehead atoms. The minimum Gasteiger partial charge on any atom is -0.496 e. The topological polar surface area (TPSA) is 164 Å². The molecule has 2 aromatic heterocycles. The SMILES string of the molecule is CC[C@@]1(O)C(=O)OCc2c1cc1n(c2=O)Cc2c-1nc1cc(C(=O)NC)c(OC)cc1c2CN1CCC(N(C)C)CC1.O=CO. The fraction of sp³-hybridized carbons (Fsp3) is 0.469. The highest BCUT2D eigenvalue weighted by Crippen LogP contribution is 2.41. The molecular weight excluding hydrogens is 582 g/mol. The molecule has 0 radical (unpaired) electrons. The van der Waals surface area contributed by atoms with E-state index in [1.807, 2.05) is 6.07 Å². The average molecular weight is 622 g/mol. The van der Waals surface area contributed by atoms with E-state index in [9.17, 15) is 19.5 Å². The Morgan fingerprint density at radius 1 is 1.22 bits per heavy atom. The number of nitrogens with one attached hydrogen (secondary N) is 1. The summed E-state index contributed by atoms with van der Waals surface area (Å²) in [6.45, 7) is 4.07. The van der Waals surface area contributed by atoms with Gasteiger partial charge in [-0.1, -0.05) is 6.92 Å². The molecule has 1 saturated heterocycles. The molecular formula is C32H39N5O8. The third kappa shape index (κ3) is 5.45. The quantitative estimate of drug-likeness (QED) is 0.212. The van der Waals surface area contributed by atoms with Crippen LogP contribution in [0.1, 0.15) is 58.8 Å². The van der Waals surface area contributed by atoms with Gasteiger partial charge in [0.05, 0.1) is 41.7 Å². The largest absolute Gasteiger partial charge is 0.496 e. The minimum absolute atomic E-state index is 0.0726. The van der Waals surface area contributed by atoms with E-state index in [-0.39, 0.29) is 42.1 Å². The van der Waals surface area contributed by atoms with E-state index in [1.54, 1.807) is 30.7 Å². The number of hydrogen-bond acceptors (Lipinski definition) is 10. The van der Waals surface area contributed by atoms with Crippen molar-refractivity contribution < 1.29 is 34.1 Å². The van der Waals surface area contributed by atoms with Gasteiger partial charge < -0.3 is 34.5 Å². The number of ether oxygens (including phenoxy) is 2. The maximum absolute atomic E-state index is 13.8. The Hall–Kier alpha value is -4.33. The van der Waals surface area contributed by atoms with E-state index in [0.29, 0.717) is 47.3 Å².